The molecule has 0 saturated carbocycles. The smallest absolute Gasteiger partial charge is 0.154 e. The number of pyridine rings is 1. The van der Waals surface area contributed by atoms with E-state index in [1.54, 1.807) is 6.20 Å². The number of hydrogen-bond acceptors (Lipinski definition) is 3. The lowest BCUT2D eigenvalue weighted by Crippen LogP contribution is -2.28. The van der Waals surface area contributed by atoms with E-state index in [1.165, 1.54) is 0 Å². The Morgan fingerprint density at radius 3 is 2.11 bits per heavy atom. The van der Waals surface area contributed by atoms with E-state index in [0.29, 0.717) is 0 Å². The summed E-state index contributed by atoms with van der Waals surface area (Å²) in [5, 5.41) is 3.31. The third-order valence-corrected chi connectivity index (χ3v) is 2.42. The molecule has 0 aliphatic carbocycles. The zero-order chi connectivity index (χ0) is 14.3. The van der Waals surface area contributed by atoms with Crippen LogP contribution in [0.2, 0.25) is 0 Å². The topological polar surface area (TPSA) is 49.6 Å². The predicted octanol–water partition coefficient (Wildman–Crippen LogP) is 2.78. The van der Waals surface area contributed by atoms with Gasteiger partial charge in [-0.25, -0.2) is 0 Å². The summed E-state index contributed by atoms with van der Waals surface area (Å²) in [7, 11) is 0. The van der Waals surface area contributed by atoms with E-state index in [0.717, 1.165) is 22.9 Å². The summed E-state index contributed by atoms with van der Waals surface area (Å²) in [5.41, 5.74) is 1.64. The fraction of sp³-hybridized carbons (Fsp3) is 0.533. The Labute approximate surface area is 115 Å². The van der Waals surface area contributed by atoms with Crippen LogP contribution in [-0.2, 0) is 0 Å². The van der Waals surface area contributed by atoms with E-state index in [1.807, 2.05) is 12.1 Å². The molecule has 0 aromatic carbocycles. The maximum Gasteiger partial charge on any atom is 0.154 e. The predicted molar refractivity (Wildman–Crippen MR) is 80.0 cm³/mol. The van der Waals surface area contributed by atoms with Crippen LogP contribution >= 0.6 is 0 Å². The Morgan fingerprint density at radius 1 is 0.947 bits per heavy atom. The lowest BCUT2D eigenvalue weighted by atomic mass is 10.1. The summed E-state index contributed by atoms with van der Waals surface area (Å²) in [4.78, 5) is 13.8. The second kappa shape index (κ2) is 4.44. The molecule has 0 unspecified atom stereocenters. The molecule has 0 saturated heterocycles. The van der Waals surface area contributed by atoms with Crippen molar-refractivity contribution in [2.24, 2.45) is 9.98 Å². The monoisotopic (exact) mass is 258 g/mol. The molecule has 4 nitrogen and oxygen atoms in total. The van der Waals surface area contributed by atoms with Gasteiger partial charge in [0.1, 0.15) is 11.5 Å². The molecule has 102 valence electrons. The highest BCUT2D eigenvalue weighted by molar-refractivity contribution is 6.24. The average Bonchev–Trinajstić information content (AvgIpc) is 2.53. The Hall–Kier alpha value is -1.71. The zero-order valence-corrected chi connectivity index (χ0v) is 12.6. The lowest BCUT2D eigenvalue weighted by Gasteiger charge is -2.15. The van der Waals surface area contributed by atoms with E-state index in [2.05, 4.69) is 51.8 Å². The maximum absolute atomic E-state index is 4.71. The van der Waals surface area contributed by atoms with Crippen LogP contribution in [0.1, 0.15) is 52.8 Å². The Balaban J connectivity index is 2.52. The summed E-state index contributed by atoms with van der Waals surface area (Å²) >= 11 is 0. The van der Waals surface area contributed by atoms with Gasteiger partial charge in [0.2, 0.25) is 0 Å². The number of nitrogens with one attached hydrogen (secondary N) is 1. The molecule has 0 atom stereocenters. The molecule has 0 radical (unpaired) electrons. The highest BCUT2D eigenvalue weighted by Crippen LogP contribution is 2.19. The first-order chi connectivity index (χ1) is 8.66. The van der Waals surface area contributed by atoms with Gasteiger partial charge in [-0.15, -0.1) is 0 Å². The van der Waals surface area contributed by atoms with Crippen LogP contribution < -0.4 is 5.32 Å². The third kappa shape index (κ3) is 3.40. The minimum atomic E-state index is -0.145. The second-order valence-corrected chi connectivity index (χ2v) is 6.79. The average molecular weight is 258 g/mol. The third-order valence-electron chi connectivity index (χ3n) is 2.42. The van der Waals surface area contributed by atoms with Crippen LogP contribution in [0.5, 0.6) is 0 Å². The first kappa shape index (κ1) is 13.7. The van der Waals surface area contributed by atoms with E-state index in [9.17, 15) is 0 Å². The van der Waals surface area contributed by atoms with E-state index in [-0.39, 0.29) is 11.1 Å². The summed E-state index contributed by atoms with van der Waals surface area (Å²) in [6.45, 7) is 12.5. The van der Waals surface area contributed by atoms with Crippen LogP contribution in [0, 0.1) is 0 Å². The zero-order valence-electron chi connectivity index (χ0n) is 12.6. The van der Waals surface area contributed by atoms with Crippen LogP contribution in [-0.4, -0.2) is 27.7 Å². The van der Waals surface area contributed by atoms with Gasteiger partial charge in [-0.05, 0) is 53.7 Å². The van der Waals surface area contributed by atoms with Gasteiger partial charge in [0, 0.05) is 11.8 Å². The fourth-order valence-corrected chi connectivity index (χ4v) is 1.86. The molecule has 4 heteroatoms. The first-order valence-electron chi connectivity index (χ1n) is 6.58. The number of rotatable bonds is 0. The SMILES string of the molecule is CC(C)(C)N=C1NC(=NC(C)(C)C)c2ncccc21. The molecule has 2 heterocycles. The lowest BCUT2D eigenvalue weighted by molar-refractivity contribution is 0.579. The molecule has 1 aromatic rings. The number of aliphatic imine (C=N–C) groups is 2. The molecular weight excluding hydrogens is 236 g/mol. The van der Waals surface area contributed by atoms with Crippen molar-refractivity contribution in [3.05, 3.63) is 29.6 Å². The summed E-state index contributed by atoms with van der Waals surface area (Å²) in [6, 6.07) is 3.96. The van der Waals surface area contributed by atoms with Crippen LogP contribution in [0.25, 0.3) is 0 Å². The number of amidine groups is 2. The molecule has 19 heavy (non-hydrogen) atoms. The molecule has 1 N–H and O–H groups in total. The molecule has 1 aromatic heterocycles. The Bertz CT molecular complexity index is 493. The second-order valence-electron chi connectivity index (χ2n) is 6.79. The van der Waals surface area contributed by atoms with Crippen LogP contribution in [0.4, 0.5) is 0 Å². The van der Waals surface area contributed by atoms with Crippen molar-refractivity contribution < 1.29 is 0 Å². The molecular formula is C15H22N4. The van der Waals surface area contributed by atoms with Crippen molar-refractivity contribution in [3.63, 3.8) is 0 Å². The largest absolute Gasteiger partial charge is 0.323 e. The van der Waals surface area contributed by atoms with Crippen molar-refractivity contribution in [3.8, 4) is 0 Å². The molecule has 0 bridgehead atoms. The first-order valence-corrected chi connectivity index (χ1v) is 6.58. The minimum absolute atomic E-state index is 0.132. The number of aromatic nitrogens is 1. The van der Waals surface area contributed by atoms with Crippen molar-refractivity contribution in [1.29, 1.82) is 0 Å². The number of hydrogen-bond donors (Lipinski definition) is 1. The van der Waals surface area contributed by atoms with Gasteiger partial charge in [-0.1, -0.05) is 0 Å². The molecule has 1 aliphatic heterocycles. The van der Waals surface area contributed by atoms with Crippen LogP contribution in [0.15, 0.2) is 28.3 Å². The summed E-state index contributed by atoms with van der Waals surface area (Å²) < 4.78 is 0. The molecule has 0 fully saturated rings. The van der Waals surface area contributed by atoms with E-state index < -0.39 is 0 Å². The van der Waals surface area contributed by atoms with Gasteiger partial charge in [-0.3, -0.25) is 15.0 Å². The van der Waals surface area contributed by atoms with Crippen molar-refractivity contribution in [2.45, 2.75) is 52.6 Å². The molecule has 1 aliphatic rings. The normalized spacial score (nSPS) is 19.7. The van der Waals surface area contributed by atoms with Gasteiger partial charge in [0.15, 0.2) is 5.84 Å². The molecule has 0 amide bonds. The van der Waals surface area contributed by atoms with Gasteiger partial charge in [0.05, 0.1) is 11.1 Å². The standard InChI is InChI=1S/C15H22N4/c1-14(2,3)18-12-10-8-7-9-16-11(10)13(17-12)19-15(4,5)6/h7-9H,1-6H3,(H,17,18,19). The van der Waals surface area contributed by atoms with E-state index in [4.69, 9.17) is 9.98 Å². The fourth-order valence-electron chi connectivity index (χ4n) is 1.86. The number of nitrogens with zero attached hydrogens (tertiary/aromatic N) is 3. The quantitative estimate of drug-likeness (QED) is 0.778. The van der Waals surface area contributed by atoms with Crippen molar-refractivity contribution in [1.82, 2.24) is 10.3 Å². The van der Waals surface area contributed by atoms with Gasteiger partial charge in [0.25, 0.3) is 0 Å². The van der Waals surface area contributed by atoms with Crippen molar-refractivity contribution in [2.75, 3.05) is 0 Å². The van der Waals surface area contributed by atoms with Crippen LogP contribution in [0.3, 0.4) is 0 Å². The van der Waals surface area contributed by atoms with E-state index >= 15 is 0 Å². The Kier molecular flexibility index (Phi) is 3.20. The minimum Gasteiger partial charge on any atom is -0.323 e. The van der Waals surface area contributed by atoms with Gasteiger partial charge < -0.3 is 5.32 Å². The van der Waals surface area contributed by atoms with Gasteiger partial charge in [-0.2, -0.15) is 0 Å². The highest BCUT2D eigenvalue weighted by Gasteiger charge is 2.27. The molecule has 2 rings (SSSR count). The number of fused-ring (bicyclic) bond motifs is 1. The van der Waals surface area contributed by atoms with Crippen molar-refractivity contribution >= 4 is 11.7 Å². The Morgan fingerprint density at radius 2 is 1.53 bits per heavy atom. The molecule has 0 spiro atoms. The summed E-state index contributed by atoms with van der Waals surface area (Å²) in [6.07, 6.45) is 1.79. The summed E-state index contributed by atoms with van der Waals surface area (Å²) in [5.74, 6) is 1.67. The van der Waals surface area contributed by atoms with Gasteiger partial charge >= 0.3 is 0 Å². The maximum atomic E-state index is 4.71. The highest BCUT2D eigenvalue weighted by atomic mass is 15.1.